The van der Waals surface area contributed by atoms with Gasteiger partial charge in [0.1, 0.15) is 0 Å². The summed E-state index contributed by atoms with van der Waals surface area (Å²) < 4.78 is 41.7. The summed E-state index contributed by atoms with van der Waals surface area (Å²) in [6, 6.07) is 16.4. The molecule has 3 nitrogen and oxygen atoms in total. The Labute approximate surface area is 135 Å². The van der Waals surface area contributed by atoms with E-state index in [1.165, 1.54) is 6.20 Å². The molecular formula is C18H12F3N3. The molecule has 0 radical (unpaired) electrons. The van der Waals surface area contributed by atoms with Gasteiger partial charge in [-0.2, -0.15) is 13.2 Å². The van der Waals surface area contributed by atoms with E-state index in [1.54, 1.807) is 28.7 Å². The summed E-state index contributed by atoms with van der Waals surface area (Å²) >= 11 is 0. The zero-order valence-electron chi connectivity index (χ0n) is 12.5. The average Bonchev–Trinajstić information content (AvgIpc) is 2.98. The van der Waals surface area contributed by atoms with Crippen LogP contribution in [0.2, 0.25) is 0 Å². The highest BCUT2D eigenvalue weighted by molar-refractivity contribution is 5.79. The number of rotatable bonds is 2. The Morgan fingerprint density at radius 2 is 1.62 bits per heavy atom. The zero-order chi connectivity index (χ0) is 16.7. The molecule has 4 rings (SSSR count). The van der Waals surface area contributed by atoms with E-state index in [-0.39, 0.29) is 5.65 Å². The maximum atomic E-state index is 13.4. The predicted molar refractivity (Wildman–Crippen MR) is 84.7 cm³/mol. The molecule has 0 fully saturated rings. The molecule has 0 atom stereocenters. The van der Waals surface area contributed by atoms with Crippen LogP contribution in [0.3, 0.4) is 0 Å². The summed E-state index contributed by atoms with van der Waals surface area (Å²) in [5.74, 6) is 0. The van der Waals surface area contributed by atoms with E-state index in [4.69, 9.17) is 0 Å². The third kappa shape index (κ3) is 2.40. The average molecular weight is 327 g/mol. The second-order valence-electron chi connectivity index (χ2n) is 5.52. The van der Waals surface area contributed by atoms with Gasteiger partial charge in [0.2, 0.25) is 0 Å². The number of hydrogen-bond donors (Lipinski definition) is 0. The van der Waals surface area contributed by atoms with Crippen molar-refractivity contribution in [2.24, 2.45) is 0 Å². The summed E-state index contributed by atoms with van der Waals surface area (Å²) in [5.41, 5.74) is 1.50. The molecule has 0 aliphatic heterocycles. The molecule has 0 saturated heterocycles. The minimum absolute atomic E-state index is 0.160. The fourth-order valence-electron chi connectivity index (χ4n) is 2.86. The lowest BCUT2D eigenvalue weighted by Crippen LogP contribution is -2.12. The molecule has 0 bridgehead atoms. The van der Waals surface area contributed by atoms with Crippen LogP contribution in [-0.2, 0) is 12.6 Å². The largest absolute Gasteiger partial charge is 0.437 e. The third-order valence-corrected chi connectivity index (χ3v) is 3.90. The first-order valence-corrected chi connectivity index (χ1v) is 7.40. The summed E-state index contributed by atoms with van der Waals surface area (Å²) in [6.07, 6.45) is -2.57. The number of para-hydroxylation sites is 2. The van der Waals surface area contributed by atoms with E-state index in [2.05, 4.69) is 9.97 Å². The number of nitrogens with zero attached hydrogens (tertiary/aromatic N) is 3. The topological polar surface area (TPSA) is 30.2 Å². The number of hydrogen-bond acceptors (Lipinski definition) is 2. The van der Waals surface area contributed by atoms with E-state index >= 15 is 0 Å². The SMILES string of the molecule is FC(F)(F)c1nc2ccccc2n2c(Cc3ccccc3)cnc12. The number of imidazole rings is 1. The molecule has 120 valence electrons. The second kappa shape index (κ2) is 5.33. The molecule has 0 aliphatic rings. The van der Waals surface area contributed by atoms with Crippen molar-refractivity contribution in [3.05, 3.63) is 77.7 Å². The van der Waals surface area contributed by atoms with Gasteiger partial charge in [-0.25, -0.2) is 9.97 Å². The van der Waals surface area contributed by atoms with Gasteiger partial charge in [0.25, 0.3) is 0 Å². The van der Waals surface area contributed by atoms with Gasteiger partial charge in [-0.3, -0.25) is 4.40 Å². The van der Waals surface area contributed by atoms with E-state index < -0.39 is 11.9 Å². The Bertz CT molecular complexity index is 1020. The molecule has 2 aromatic heterocycles. The Balaban J connectivity index is 2.01. The van der Waals surface area contributed by atoms with Gasteiger partial charge in [-0.05, 0) is 17.7 Å². The lowest BCUT2D eigenvalue weighted by atomic mass is 10.1. The Morgan fingerprint density at radius 1 is 0.917 bits per heavy atom. The minimum Gasteiger partial charge on any atom is -0.293 e. The van der Waals surface area contributed by atoms with Crippen molar-refractivity contribution in [3.63, 3.8) is 0 Å². The lowest BCUT2D eigenvalue weighted by molar-refractivity contribution is -0.139. The van der Waals surface area contributed by atoms with Gasteiger partial charge in [0.15, 0.2) is 11.3 Å². The maximum Gasteiger partial charge on any atom is 0.437 e. The Hall–Kier alpha value is -2.89. The van der Waals surface area contributed by atoms with Crippen molar-refractivity contribution in [3.8, 4) is 0 Å². The highest BCUT2D eigenvalue weighted by atomic mass is 19.4. The minimum atomic E-state index is -4.55. The van der Waals surface area contributed by atoms with Crippen LogP contribution >= 0.6 is 0 Å². The molecule has 0 aliphatic carbocycles. The number of aromatic nitrogens is 3. The molecule has 0 saturated carbocycles. The van der Waals surface area contributed by atoms with Gasteiger partial charge in [-0.1, -0.05) is 42.5 Å². The molecule has 0 spiro atoms. The standard InChI is InChI=1S/C18H12F3N3/c19-18(20,21)16-17-22-11-13(10-12-6-2-1-3-7-12)24(17)15-9-5-4-8-14(15)23-16/h1-9,11H,10H2. The normalized spacial score (nSPS) is 12.1. The molecule has 2 heterocycles. The molecule has 0 unspecified atom stereocenters. The summed E-state index contributed by atoms with van der Waals surface area (Å²) in [5, 5.41) is 0. The predicted octanol–water partition coefficient (Wildman–Crippen LogP) is 4.49. The fraction of sp³-hybridized carbons (Fsp3) is 0.111. The number of alkyl halides is 3. The summed E-state index contributed by atoms with van der Waals surface area (Å²) in [7, 11) is 0. The van der Waals surface area contributed by atoms with Crippen LogP contribution in [0.5, 0.6) is 0 Å². The first-order valence-electron chi connectivity index (χ1n) is 7.40. The summed E-state index contributed by atoms with van der Waals surface area (Å²) in [6.45, 7) is 0. The van der Waals surface area contributed by atoms with Gasteiger partial charge >= 0.3 is 6.18 Å². The molecule has 0 N–H and O–H groups in total. The van der Waals surface area contributed by atoms with E-state index in [1.807, 2.05) is 30.3 Å². The summed E-state index contributed by atoms with van der Waals surface area (Å²) in [4.78, 5) is 7.80. The molecule has 2 aromatic carbocycles. The zero-order valence-corrected chi connectivity index (χ0v) is 12.5. The smallest absolute Gasteiger partial charge is 0.293 e. The Morgan fingerprint density at radius 3 is 2.38 bits per heavy atom. The molecule has 24 heavy (non-hydrogen) atoms. The van der Waals surface area contributed by atoms with Gasteiger partial charge in [0, 0.05) is 18.3 Å². The molecule has 4 aromatic rings. The van der Waals surface area contributed by atoms with Crippen molar-refractivity contribution in [1.29, 1.82) is 0 Å². The van der Waals surface area contributed by atoms with E-state index in [0.717, 1.165) is 5.56 Å². The van der Waals surface area contributed by atoms with Crippen molar-refractivity contribution < 1.29 is 13.2 Å². The molecular weight excluding hydrogens is 315 g/mol. The maximum absolute atomic E-state index is 13.4. The first kappa shape index (κ1) is 14.7. The van der Waals surface area contributed by atoms with Crippen LogP contribution < -0.4 is 0 Å². The number of fused-ring (bicyclic) bond motifs is 3. The van der Waals surface area contributed by atoms with Crippen LogP contribution in [0.15, 0.2) is 60.8 Å². The third-order valence-electron chi connectivity index (χ3n) is 3.90. The van der Waals surface area contributed by atoms with Gasteiger partial charge in [0.05, 0.1) is 11.0 Å². The fourth-order valence-corrected chi connectivity index (χ4v) is 2.86. The van der Waals surface area contributed by atoms with E-state index in [0.29, 0.717) is 23.1 Å². The van der Waals surface area contributed by atoms with Crippen LogP contribution in [0.4, 0.5) is 13.2 Å². The van der Waals surface area contributed by atoms with Crippen LogP contribution in [0.25, 0.3) is 16.7 Å². The highest BCUT2D eigenvalue weighted by Crippen LogP contribution is 2.33. The number of benzene rings is 2. The van der Waals surface area contributed by atoms with Crippen molar-refractivity contribution in [2.45, 2.75) is 12.6 Å². The van der Waals surface area contributed by atoms with Gasteiger partial charge < -0.3 is 0 Å². The molecule has 0 amide bonds. The Kier molecular flexibility index (Phi) is 3.26. The second-order valence-corrected chi connectivity index (χ2v) is 5.52. The first-order chi connectivity index (χ1) is 11.5. The highest BCUT2D eigenvalue weighted by Gasteiger charge is 2.37. The number of halogens is 3. The van der Waals surface area contributed by atoms with Crippen LogP contribution in [0, 0.1) is 0 Å². The van der Waals surface area contributed by atoms with Crippen molar-refractivity contribution >= 4 is 16.7 Å². The van der Waals surface area contributed by atoms with Crippen molar-refractivity contribution in [2.75, 3.05) is 0 Å². The monoisotopic (exact) mass is 327 g/mol. The quantitative estimate of drug-likeness (QED) is 0.543. The van der Waals surface area contributed by atoms with Crippen molar-refractivity contribution in [1.82, 2.24) is 14.4 Å². The molecule has 6 heteroatoms. The van der Waals surface area contributed by atoms with Crippen LogP contribution in [0.1, 0.15) is 17.0 Å². The lowest BCUT2D eigenvalue weighted by Gasteiger charge is -2.11. The van der Waals surface area contributed by atoms with E-state index in [9.17, 15) is 13.2 Å². The van der Waals surface area contributed by atoms with Crippen LogP contribution in [-0.4, -0.2) is 14.4 Å². The van der Waals surface area contributed by atoms with Gasteiger partial charge in [-0.15, -0.1) is 0 Å².